The minimum absolute atomic E-state index is 0.224. The second-order valence-corrected chi connectivity index (χ2v) is 6.06. The number of aromatic amines is 1. The van der Waals surface area contributed by atoms with Gasteiger partial charge in [-0.3, -0.25) is 0 Å². The summed E-state index contributed by atoms with van der Waals surface area (Å²) in [6.07, 6.45) is 0. The lowest BCUT2D eigenvalue weighted by molar-refractivity contribution is 0.415. The van der Waals surface area contributed by atoms with Gasteiger partial charge in [0.1, 0.15) is 11.6 Å². The van der Waals surface area contributed by atoms with E-state index >= 15 is 0 Å². The quantitative estimate of drug-likeness (QED) is 0.513. The molecule has 0 amide bonds. The molecule has 2 aromatic heterocycles. The van der Waals surface area contributed by atoms with E-state index in [1.807, 2.05) is 41.8 Å². The molecule has 0 unspecified atom stereocenters. The lowest BCUT2D eigenvalue weighted by Gasteiger charge is -2.07. The average molecular weight is 323 g/mol. The van der Waals surface area contributed by atoms with Gasteiger partial charge >= 0.3 is 0 Å². The summed E-state index contributed by atoms with van der Waals surface area (Å²) in [5, 5.41) is 4.70. The Hall–Kier alpha value is -2.59. The highest BCUT2D eigenvalue weighted by Crippen LogP contribution is 2.40. The minimum atomic E-state index is -0.224. The number of benzene rings is 2. The Balaban J connectivity index is 2.08. The van der Waals surface area contributed by atoms with Gasteiger partial charge in [-0.2, -0.15) is 11.3 Å². The molecule has 0 spiro atoms. The van der Waals surface area contributed by atoms with Crippen molar-refractivity contribution in [2.75, 3.05) is 7.11 Å². The van der Waals surface area contributed by atoms with Gasteiger partial charge in [0.25, 0.3) is 0 Å². The highest BCUT2D eigenvalue weighted by atomic mass is 32.1. The summed E-state index contributed by atoms with van der Waals surface area (Å²) in [5.74, 6) is 0.530. The van der Waals surface area contributed by atoms with Gasteiger partial charge in [0.05, 0.1) is 12.8 Å². The summed E-state index contributed by atoms with van der Waals surface area (Å²) >= 11 is 1.62. The van der Waals surface area contributed by atoms with E-state index in [1.54, 1.807) is 24.5 Å². The normalized spacial score (nSPS) is 11.0. The first-order valence-electron chi connectivity index (χ1n) is 7.25. The largest absolute Gasteiger partial charge is 0.497 e. The van der Waals surface area contributed by atoms with Gasteiger partial charge in [-0.25, -0.2) is 4.39 Å². The predicted octanol–water partition coefficient (Wildman–Crippen LogP) is 5.71. The lowest BCUT2D eigenvalue weighted by atomic mass is 9.99. The van der Waals surface area contributed by atoms with Crippen LogP contribution >= 0.6 is 11.3 Å². The Kier molecular flexibility index (Phi) is 3.39. The lowest BCUT2D eigenvalue weighted by Crippen LogP contribution is -1.86. The zero-order valence-corrected chi connectivity index (χ0v) is 13.3. The second-order valence-electron chi connectivity index (χ2n) is 5.28. The van der Waals surface area contributed by atoms with Gasteiger partial charge in [-0.05, 0) is 41.3 Å². The number of ether oxygens (including phenoxy) is 1. The SMILES string of the molecule is COc1cccc(-c2c(-c3ccsc3)[nH]c3cccc(F)c23)c1. The number of aromatic nitrogens is 1. The molecule has 4 aromatic rings. The van der Waals surface area contributed by atoms with Gasteiger partial charge in [-0.1, -0.05) is 18.2 Å². The molecule has 2 heterocycles. The number of methoxy groups -OCH3 is 1. The van der Waals surface area contributed by atoms with Crippen LogP contribution in [0.2, 0.25) is 0 Å². The van der Waals surface area contributed by atoms with Crippen molar-refractivity contribution in [2.24, 2.45) is 0 Å². The van der Waals surface area contributed by atoms with Crippen molar-refractivity contribution in [1.82, 2.24) is 4.98 Å². The van der Waals surface area contributed by atoms with Crippen LogP contribution in [0.25, 0.3) is 33.3 Å². The fraction of sp³-hybridized carbons (Fsp3) is 0.0526. The number of hydrogen-bond acceptors (Lipinski definition) is 2. The molecule has 2 aromatic carbocycles. The van der Waals surface area contributed by atoms with E-state index in [4.69, 9.17) is 4.74 Å². The molecule has 0 bridgehead atoms. The number of halogens is 1. The van der Waals surface area contributed by atoms with Gasteiger partial charge < -0.3 is 9.72 Å². The Morgan fingerprint density at radius 2 is 1.91 bits per heavy atom. The molecular weight excluding hydrogens is 309 g/mol. The predicted molar refractivity (Wildman–Crippen MR) is 93.6 cm³/mol. The fourth-order valence-corrected chi connectivity index (χ4v) is 3.54. The molecule has 0 saturated carbocycles. The van der Waals surface area contributed by atoms with E-state index in [2.05, 4.69) is 10.4 Å². The van der Waals surface area contributed by atoms with E-state index in [0.717, 1.165) is 33.7 Å². The maximum Gasteiger partial charge on any atom is 0.133 e. The molecule has 0 atom stereocenters. The second kappa shape index (κ2) is 5.56. The monoisotopic (exact) mass is 323 g/mol. The van der Waals surface area contributed by atoms with E-state index in [9.17, 15) is 4.39 Å². The topological polar surface area (TPSA) is 25.0 Å². The zero-order chi connectivity index (χ0) is 15.8. The standard InChI is InChI=1S/C19H14FNOS/c1-22-14-5-2-4-12(10-14)17-18-15(20)6-3-7-16(18)21-19(17)13-8-9-23-11-13/h2-11,21H,1H3. The Morgan fingerprint density at radius 1 is 1.04 bits per heavy atom. The summed E-state index contributed by atoms with van der Waals surface area (Å²) in [5.41, 5.74) is 4.59. The van der Waals surface area contributed by atoms with Crippen LogP contribution in [-0.2, 0) is 0 Å². The molecule has 114 valence electrons. The summed E-state index contributed by atoms with van der Waals surface area (Å²) in [6, 6.07) is 14.9. The van der Waals surface area contributed by atoms with Gasteiger partial charge in [0.15, 0.2) is 0 Å². The van der Waals surface area contributed by atoms with Crippen molar-refractivity contribution < 1.29 is 9.13 Å². The number of fused-ring (bicyclic) bond motifs is 1. The van der Waals surface area contributed by atoms with Crippen molar-refractivity contribution in [3.05, 3.63) is 65.1 Å². The molecular formula is C19H14FNOS. The smallest absolute Gasteiger partial charge is 0.133 e. The first-order valence-corrected chi connectivity index (χ1v) is 8.19. The fourth-order valence-electron chi connectivity index (χ4n) is 2.90. The number of H-pyrrole nitrogens is 1. The molecule has 2 nitrogen and oxygen atoms in total. The van der Waals surface area contributed by atoms with Crippen LogP contribution in [0.1, 0.15) is 0 Å². The molecule has 4 rings (SSSR count). The number of nitrogens with one attached hydrogen (secondary N) is 1. The van der Waals surface area contributed by atoms with Crippen molar-refractivity contribution in [3.63, 3.8) is 0 Å². The molecule has 1 N–H and O–H groups in total. The highest BCUT2D eigenvalue weighted by Gasteiger charge is 2.18. The van der Waals surface area contributed by atoms with Crippen LogP contribution in [0.4, 0.5) is 4.39 Å². The summed E-state index contributed by atoms with van der Waals surface area (Å²) in [4.78, 5) is 3.37. The minimum Gasteiger partial charge on any atom is -0.497 e. The van der Waals surface area contributed by atoms with E-state index < -0.39 is 0 Å². The number of thiophene rings is 1. The average Bonchev–Trinajstić information content (AvgIpc) is 3.22. The Labute approximate surface area is 137 Å². The van der Waals surface area contributed by atoms with Crippen molar-refractivity contribution in [1.29, 1.82) is 0 Å². The van der Waals surface area contributed by atoms with Crippen LogP contribution in [0.5, 0.6) is 5.75 Å². The first-order chi connectivity index (χ1) is 11.3. The summed E-state index contributed by atoms with van der Waals surface area (Å²) in [6.45, 7) is 0. The van der Waals surface area contributed by atoms with Gasteiger partial charge in [0, 0.05) is 27.4 Å². The number of hydrogen-bond donors (Lipinski definition) is 1. The summed E-state index contributed by atoms with van der Waals surface area (Å²) < 4.78 is 19.8. The molecule has 0 fully saturated rings. The molecule has 0 aliphatic heterocycles. The van der Waals surface area contributed by atoms with E-state index in [0.29, 0.717) is 5.39 Å². The Bertz CT molecular complexity index is 972. The Morgan fingerprint density at radius 3 is 2.70 bits per heavy atom. The van der Waals surface area contributed by atoms with Crippen LogP contribution in [-0.4, -0.2) is 12.1 Å². The van der Waals surface area contributed by atoms with Gasteiger partial charge in [0.2, 0.25) is 0 Å². The number of rotatable bonds is 3. The van der Waals surface area contributed by atoms with Crippen molar-refractivity contribution in [3.8, 4) is 28.1 Å². The maximum atomic E-state index is 14.5. The zero-order valence-electron chi connectivity index (χ0n) is 12.5. The van der Waals surface area contributed by atoms with Gasteiger partial charge in [-0.15, -0.1) is 0 Å². The molecule has 0 aliphatic rings. The van der Waals surface area contributed by atoms with Crippen molar-refractivity contribution in [2.45, 2.75) is 0 Å². The highest BCUT2D eigenvalue weighted by molar-refractivity contribution is 7.08. The first kappa shape index (κ1) is 14.0. The van der Waals surface area contributed by atoms with Crippen LogP contribution < -0.4 is 4.74 Å². The summed E-state index contributed by atoms with van der Waals surface area (Å²) in [7, 11) is 1.63. The van der Waals surface area contributed by atoms with E-state index in [1.165, 1.54) is 6.07 Å². The third kappa shape index (κ3) is 2.32. The van der Waals surface area contributed by atoms with Crippen molar-refractivity contribution >= 4 is 22.2 Å². The molecule has 0 radical (unpaired) electrons. The molecule has 4 heteroatoms. The van der Waals surface area contributed by atoms with E-state index in [-0.39, 0.29) is 5.82 Å². The third-order valence-electron chi connectivity index (χ3n) is 3.94. The third-order valence-corrected chi connectivity index (χ3v) is 4.62. The van der Waals surface area contributed by atoms with Crippen LogP contribution in [0.3, 0.4) is 0 Å². The molecule has 0 saturated heterocycles. The maximum absolute atomic E-state index is 14.5. The van der Waals surface area contributed by atoms with Crippen LogP contribution in [0.15, 0.2) is 59.3 Å². The molecule has 0 aliphatic carbocycles. The molecule has 23 heavy (non-hydrogen) atoms. The van der Waals surface area contributed by atoms with Crippen LogP contribution in [0, 0.1) is 5.82 Å².